The fraction of sp³-hybridized carbons (Fsp3) is 0.257. The van der Waals surface area contributed by atoms with Crippen LogP contribution in [0.2, 0.25) is 10.0 Å². The molecular weight excluding hydrogens is 629 g/mol. The topological polar surface area (TPSA) is 86.8 Å². The maximum atomic E-state index is 14.5. The number of anilines is 1. The van der Waals surface area contributed by atoms with Gasteiger partial charge >= 0.3 is 0 Å². The van der Waals surface area contributed by atoms with Crippen LogP contribution in [0.1, 0.15) is 36.8 Å². The van der Waals surface area contributed by atoms with Crippen molar-refractivity contribution in [2.45, 2.75) is 55.6 Å². The van der Waals surface area contributed by atoms with Gasteiger partial charge in [-0.15, -0.1) is 0 Å². The van der Waals surface area contributed by atoms with E-state index < -0.39 is 28.5 Å². The Hall–Kier alpha value is -3.85. The van der Waals surface area contributed by atoms with Gasteiger partial charge in [0.25, 0.3) is 10.0 Å². The number of nitrogens with zero attached hydrogens (tertiary/aromatic N) is 2. The van der Waals surface area contributed by atoms with E-state index in [1.54, 1.807) is 18.2 Å². The van der Waals surface area contributed by atoms with E-state index in [2.05, 4.69) is 5.32 Å². The summed E-state index contributed by atoms with van der Waals surface area (Å²) in [5, 5.41) is 3.62. The molecule has 0 aliphatic heterocycles. The van der Waals surface area contributed by atoms with Crippen LogP contribution in [0.15, 0.2) is 114 Å². The van der Waals surface area contributed by atoms with Crippen LogP contribution >= 0.6 is 23.2 Å². The van der Waals surface area contributed by atoms with Gasteiger partial charge in [0.1, 0.15) is 12.6 Å². The molecule has 4 aromatic carbocycles. The third-order valence-electron chi connectivity index (χ3n) is 7.91. The van der Waals surface area contributed by atoms with Gasteiger partial charge in [-0.05, 0) is 54.3 Å². The highest BCUT2D eigenvalue weighted by atomic mass is 35.5. The first-order valence-electron chi connectivity index (χ1n) is 14.9. The largest absolute Gasteiger partial charge is 0.352 e. The minimum absolute atomic E-state index is 0.00307. The summed E-state index contributed by atoms with van der Waals surface area (Å²) in [7, 11) is -4.24. The highest BCUT2D eigenvalue weighted by Gasteiger charge is 2.35. The fourth-order valence-corrected chi connectivity index (χ4v) is 7.57. The monoisotopic (exact) mass is 663 g/mol. The number of amides is 2. The van der Waals surface area contributed by atoms with Gasteiger partial charge < -0.3 is 10.2 Å². The predicted octanol–water partition coefficient (Wildman–Crippen LogP) is 6.89. The molecule has 1 atom stereocenters. The van der Waals surface area contributed by atoms with Gasteiger partial charge in [-0.1, -0.05) is 115 Å². The molecule has 4 aromatic rings. The maximum absolute atomic E-state index is 14.5. The molecule has 7 nitrogen and oxygen atoms in total. The minimum atomic E-state index is -4.24. The normalized spacial score (nSPS) is 14.1. The van der Waals surface area contributed by atoms with Crippen molar-refractivity contribution in [3.8, 4) is 0 Å². The zero-order chi connectivity index (χ0) is 31.8. The van der Waals surface area contributed by atoms with Crippen LogP contribution < -0.4 is 9.62 Å². The zero-order valence-electron chi connectivity index (χ0n) is 24.7. The molecule has 1 aliphatic carbocycles. The number of nitrogens with one attached hydrogen (secondary N) is 1. The van der Waals surface area contributed by atoms with E-state index in [1.165, 1.54) is 35.2 Å². The third kappa shape index (κ3) is 8.45. The second-order valence-electron chi connectivity index (χ2n) is 11.2. The lowest BCUT2D eigenvalue weighted by molar-refractivity contribution is -0.140. The zero-order valence-corrected chi connectivity index (χ0v) is 27.0. The Morgan fingerprint density at radius 1 is 0.778 bits per heavy atom. The molecule has 1 N–H and O–H groups in total. The number of sulfonamides is 1. The third-order valence-corrected chi connectivity index (χ3v) is 10.1. The van der Waals surface area contributed by atoms with Crippen molar-refractivity contribution in [2.75, 3.05) is 10.8 Å². The average Bonchev–Trinajstić information content (AvgIpc) is 3.55. The standard InChI is InChI=1S/C35H35Cl2N3O4S/c36-28-21-29(37)23-31(22-28)40(45(43,44)32-18-8-3-9-19-32)25-34(41)39(24-27-14-6-2-7-15-27)33(20-26-12-4-1-5-13-26)35(42)38-30-16-10-11-17-30/h1-9,12-15,18-19,21-23,30,33H,10-11,16-17,20,24-25H2,(H,38,42)/t33-/m0/s1. The fourth-order valence-electron chi connectivity index (χ4n) is 5.63. The van der Waals surface area contributed by atoms with Crippen LogP contribution in [-0.4, -0.2) is 43.8 Å². The van der Waals surface area contributed by atoms with Crippen LogP contribution in [0, 0.1) is 0 Å². The van der Waals surface area contributed by atoms with Gasteiger partial charge in [-0.25, -0.2) is 8.42 Å². The molecule has 0 unspecified atom stereocenters. The smallest absolute Gasteiger partial charge is 0.264 e. The van der Waals surface area contributed by atoms with E-state index in [9.17, 15) is 18.0 Å². The van der Waals surface area contributed by atoms with Gasteiger partial charge in [-0.2, -0.15) is 0 Å². The number of benzene rings is 4. The van der Waals surface area contributed by atoms with Crippen molar-refractivity contribution in [3.63, 3.8) is 0 Å². The Kier molecular flexibility index (Phi) is 10.8. The lowest BCUT2D eigenvalue weighted by Gasteiger charge is -2.34. The van der Waals surface area contributed by atoms with E-state index in [0.29, 0.717) is 0 Å². The SMILES string of the molecule is O=C(NC1CCCC1)[C@H](Cc1ccccc1)N(Cc1ccccc1)C(=O)CN(c1cc(Cl)cc(Cl)c1)S(=O)(=O)c1ccccc1. The Balaban J connectivity index is 1.56. The highest BCUT2D eigenvalue weighted by Crippen LogP contribution is 2.30. The molecule has 0 aromatic heterocycles. The molecule has 234 valence electrons. The summed E-state index contributed by atoms with van der Waals surface area (Å²) in [4.78, 5) is 30.1. The maximum Gasteiger partial charge on any atom is 0.264 e. The van der Waals surface area contributed by atoms with Gasteiger partial charge in [0.15, 0.2) is 0 Å². The average molecular weight is 665 g/mol. The van der Waals surface area contributed by atoms with Crippen LogP contribution in [0.25, 0.3) is 0 Å². The first kappa shape index (κ1) is 32.5. The Labute approximate surface area is 274 Å². The number of carbonyl (C=O) groups is 2. The van der Waals surface area contributed by atoms with Crippen LogP contribution in [0.4, 0.5) is 5.69 Å². The molecule has 5 rings (SSSR count). The number of rotatable bonds is 12. The van der Waals surface area contributed by atoms with Gasteiger partial charge in [-0.3, -0.25) is 13.9 Å². The van der Waals surface area contributed by atoms with E-state index in [0.717, 1.165) is 41.1 Å². The molecule has 0 spiro atoms. The van der Waals surface area contributed by atoms with Gasteiger partial charge in [0, 0.05) is 29.1 Å². The Morgan fingerprint density at radius 2 is 1.31 bits per heavy atom. The van der Waals surface area contributed by atoms with Crippen molar-refractivity contribution in [3.05, 3.63) is 130 Å². The molecule has 1 aliphatic rings. The van der Waals surface area contributed by atoms with Crippen molar-refractivity contribution >= 4 is 50.7 Å². The summed E-state index contributed by atoms with van der Waals surface area (Å²) >= 11 is 12.6. The molecule has 45 heavy (non-hydrogen) atoms. The van der Waals surface area contributed by atoms with Crippen molar-refractivity contribution in [1.29, 1.82) is 0 Å². The lowest BCUT2D eigenvalue weighted by atomic mass is 10.0. The first-order valence-corrected chi connectivity index (χ1v) is 17.1. The lowest BCUT2D eigenvalue weighted by Crippen LogP contribution is -2.54. The summed E-state index contributed by atoms with van der Waals surface area (Å²) in [5.74, 6) is -0.810. The summed E-state index contributed by atoms with van der Waals surface area (Å²) < 4.78 is 29.2. The molecule has 10 heteroatoms. The number of hydrogen-bond acceptors (Lipinski definition) is 4. The molecule has 1 saturated carbocycles. The number of carbonyl (C=O) groups excluding carboxylic acids is 2. The van der Waals surface area contributed by atoms with Crippen LogP contribution in [-0.2, 0) is 32.6 Å². The first-order chi connectivity index (χ1) is 21.7. The quantitative estimate of drug-likeness (QED) is 0.179. The molecule has 1 fully saturated rings. The summed E-state index contributed by atoms with van der Waals surface area (Å²) in [6.07, 6.45) is 4.10. The molecule has 2 amide bonds. The summed E-state index contributed by atoms with van der Waals surface area (Å²) in [6.45, 7) is -0.479. The van der Waals surface area contributed by atoms with Gasteiger partial charge in [0.2, 0.25) is 11.8 Å². The Morgan fingerprint density at radius 3 is 1.89 bits per heavy atom. The second kappa shape index (κ2) is 15.0. The van der Waals surface area contributed by atoms with Gasteiger partial charge in [0.05, 0.1) is 10.6 Å². The second-order valence-corrected chi connectivity index (χ2v) is 13.9. The van der Waals surface area contributed by atoms with Crippen molar-refractivity contribution in [1.82, 2.24) is 10.2 Å². The van der Waals surface area contributed by atoms with Crippen molar-refractivity contribution < 1.29 is 18.0 Å². The van der Waals surface area contributed by atoms with E-state index in [1.807, 2.05) is 60.7 Å². The molecule has 0 bridgehead atoms. The van der Waals surface area contributed by atoms with E-state index in [-0.39, 0.29) is 45.5 Å². The summed E-state index contributed by atoms with van der Waals surface area (Å²) in [5.41, 5.74) is 1.82. The number of hydrogen-bond donors (Lipinski definition) is 1. The molecule has 0 heterocycles. The summed E-state index contributed by atoms with van der Waals surface area (Å²) in [6, 6.07) is 30.3. The van der Waals surface area contributed by atoms with Crippen LogP contribution in [0.3, 0.4) is 0 Å². The minimum Gasteiger partial charge on any atom is -0.352 e. The number of halogens is 2. The van der Waals surface area contributed by atoms with E-state index >= 15 is 0 Å². The highest BCUT2D eigenvalue weighted by molar-refractivity contribution is 7.92. The predicted molar refractivity (Wildman–Crippen MR) is 179 cm³/mol. The van der Waals surface area contributed by atoms with Crippen LogP contribution in [0.5, 0.6) is 0 Å². The molecule has 0 saturated heterocycles. The van der Waals surface area contributed by atoms with E-state index in [4.69, 9.17) is 23.2 Å². The van der Waals surface area contributed by atoms with Crippen molar-refractivity contribution in [2.24, 2.45) is 0 Å². The molecular formula is C35H35Cl2N3O4S. The molecule has 0 radical (unpaired) electrons. The Bertz CT molecular complexity index is 1680.